The Morgan fingerprint density at radius 1 is 1.33 bits per heavy atom. The zero-order chi connectivity index (χ0) is 19.0. The first kappa shape index (κ1) is 18.2. The fourth-order valence-electron chi connectivity index (χ4n) is 4.22. The van der Waals surface area contributed by atoms with Crippen LogP contribution in [0.1, 0.15) is 32.0 Å². The van der Waals surface area contributed by atoms with Crippen molar-refractivity contribution in [3.05, 3.63) is 23.5 Å². The van der Waals surface area contributed by atoms with E-state index in [-0.39, 0.29) is 5.92 Å². The Balaban J connectivity index is 1.57. The van der Waals surface area contributed by atoms with Gasteiger partial charge in [-0.15, -0.1) is 0 Å². The zero-order valence-corrected chi connectivity index (χ0v) is 16.6. The third-order valence-corrected chi connectivity index (χ3v) is 5.59. The monoisotopic (exact) mass is 370 g/mol. The van der Waals surface area contributed by atoms with Crippen LogP contribution < -0.4 is 10.2 Å². The standard InChI is InChI=1S/C20H30N6O/c1-4-24(11-14(2)3)20(27)15-12-25(13-15)19-16-5-8-21-9-6-17(16)23-18-7-10-22-26(18)19/h7,10,14-15,21H,4-6,8-9,11-13H2,1-3H3. The predicted octanol–water partition coefficient (Wildman–Crippen LogP) is 1.36. The summed E-state index contributed by atoms with van der Waals surface area (Å²) >= 11 is 0. The molecule has 27 heavy (non-hydrogen) atoms. The molecule has 1 amide bonds. The third kappa shape index (κ3) is 3.40. The number of hydrogen-bond donors (Lipinski definition) is 1. The molecular formula is C20H30N6O. The number of nitrogens with one attached hydrogen (secondary N) is 1. The largest absolute Gasteiger partial charge is 0.354 e. The van der Waals surface area contributed by atoms with Crippen molar-refractivity contribution in [2.45, 2.75) is 33.6 Å². The van der Waals surface area contributed by atoms with Gasteiger partial charge in [-0.1, -0.05) is 13.8 Å². The molecule has 7 heteroatoms. The minimum atomic E-state index is 0.0852. The number of hydrogen-bond acceptors (Lipinski definition) is 5. The highest BCUT2D eigenvalue weighted by molar-refractivity contribution is 5.82. The maximum Gasteiger partial charge on any atom is 0.229 e. The number of carbonyl (C=O) groups is 1. The Kier molecular flexibility index (Phi) is 5.04. The summed E-state index contributed by atoms with van der Waals surface area (Å²) in [6.45, 7) is 11.5. The van der Waals surface area contributed by atoms with Crippen LogP contribution in [0.2, 0.25) is 0 Å². The summed E-state index contributed by atoms with van der Waals surface area (Å²) < 4.78 is 1.95. The summed E-state index contributed by atoms with van der Waals surface area (Å²) in [6, 6.07) is 1.96. The van der Waals surface area contributed by atoms with Crippen molar-refractivity contribution < 1.29 is 4.79 Å². The number of carbonyl (C=O) groups excluding carboxylic acids is 1. The third-order valence-electron chi connectivity index (χ3n) is 5.59. The lowest BCUT2D eigenvalue weighted by molar-refractivity contribution is -0.136. The van der Waals surface area contributed by atoms with Gasteiger partial charge in [0.1, 0.15) is 5.82 Å². The number of rotatable bonds is 5. The average molecular weight is 371 g/mol. The highest BCUT2D eigenvalue weighted by Crippen LogP contribution is 2.32. The lowest BCUT2D eigenvalue weighted by Gasteiger charge is -2.43. The van der Waals surface area contributed by atoms with Crippen molar-refractivity contribution in [3.63, 3.8) is 0 Å². The van der Waals surface area contributed by atoms with Gasteiger partial charge in [-0.3, -0.25) is 4.79 Å². The van der Waals surface area contributed by atoms with Crippen LogP contribution in [0, 0.1) is 11.8 Å². The van der Waals surface area contributed by atoms with E-state index < -0.39 is 0 Å². The van der Waals surface area contributed by atoms with E-state index in [2.05, 4.69) is 36.1 Å². The van der Waals surface area contributed by atoms with E-state index in [4.69, 9.17) is 4.98 Å². The summed E-state index contributed by atoms with van der Waals surface area (Å²) in [4.78, 5) is 22.0. The molecule has 1 fully saturated rings. The minimum Gasteiger partial charge on any atom is -0.354 e. The first-order chi connectivity index (χ1) is 13.1. The Morgan fingerprint density at radius 2 is 2.11 bits per heavy atom. The number of fused-ring (bicyclic) bond motifs is 2. The van der Waals surface area contributed by atoms with Crippen LogP contribution in [0.3, 0.4) is 0 Å². The smallest absolute Gasteiger partial charge is 0.229 e. The van der Waals surface area contributed by atoms with Gasteiger partial charge in [-0.25, -0.2) is 4.98 Å². The van der Waals surface area contributed by atoms with E-state index in [1.165, 1.54) is 11.3 Å². The van der Waals surface area contributed by atoms with Gasteiger partial charge in [0.15, 0.2) is 5.65 Å². The van der Waals surface area contributed by atoms with Gasteiger partial charge in [0, 0.05) is 50.8 Å². The molecule has 4 heterocycles. The first-order valence-electron chi connectivity index (χ1n) is 10.2. The SMILES string of the molecule is CCN(CC(C)C)C(=O)C1CN(c2c3c(nc4ccnn24)CCNCC3)C1. The van der Waals surface area contributed by atoms with Crippen LogP contribution in [-0.2, 0) is 17.6 Å². The molecule has 2 aliphatic heterocycles. The summed E-state index contributed by atoms with van der Waals surface area (Å²) in [7, 11) is 0. The van der Waals surface area contributed by atoms with Crippen LogP contribution in [0.4, 0.5) is 5.82 Å². The molecule has 0 saturated carbocycles. The minimum absolute atomic E-state index is 0.0852. The molecule has 0 aromatic carbocycles. The summed E-state index contributed by atoms with van der Waals surface area (Å²) in [6.07, 6.45) is 3.71. The van der Waals surface area contributed by atoms with Gasteiger partial charge in [0.25, 0.3) is 0 Å². The van der Waals surface area contributed by atoms with Crippen molar-refractivity contribution in [1.82, 2.24) is 24.8 Å². The molecule has 2 aromatic heterocycles. The number of amides is 1. The molecule has 0 unspecified atom stereocenters. The Morgan fingerprint density at radius 3 is 2.85 bits per heavy atom. The Labute approximate surface area is 160 Å². The van der Waals surface area contributed by atoms with Crippen molar-refractivity contribution in [2.75, 3.05) is 44.2 Å². The van der Waals surface area contributed by atoms with Gasteiger partial charge in [0.05, 0.1) is 17.8 Å². The Bertz CT molecular complexity index is 823. The molecule has 0 atom stereocenters. The van der Waals surface area contributed by atoms with Crippen molar-refractivity contribution in [1.29, 1.82) is 0 Å². The molecular weight excluding hydrogens is 340 g/mol. The van der Waals surface area contributed by atoms with E-state index in [9.17, 15) is 4.79 Å². The molecule has 2 aliphatic rings. The van der Waals surface area contributed by atoms with E-state index in [1.807, 2.05) is 21.7 Å². The quantitative estimate of drug-likeness (QED) is 0.861. The van der Waals surface area contributed by atoms with Crippen LogP contribution in [-0.4, -0.2) is 64.7 Å². The molecule has 7 nitrogen and oxygen atoms in total. The maximum atomic E-state index is 12.9. The van der Waals surface area contributed by atoms with Gasteiger partial charge in [0.2, 0.25) is 5.91 Å². The van der Waals surface area contributed by atoms with Crippen LogP contribution >= 0.6 is 0 Å². The van der Waals surface area contributed by atoms with Crippen LogP contribution in [0.15, 0.2) is 12.3 Å². The topological polar surface area (TPSA) is 65.8 Å². The Hall–Kier alpha value is -2.15. The molecule has 1 N–H and O–H groups in total. The molecule has 0 radical (unpaired) electrons. The van der Waals surface area contributed by atoms with Crippen LogP contribution in [0.5, 0.6) is 0 Å². The molecule has 146 valence electrons. The van der Waals surface area contributed by atoms with Gasteiger partial charge in [-0.05, 0) is 25.8 Å². The summed E-state index contributed by atoms with van der Waals surface area (Å²) in [5, 5.41) is 7.98. The molecule has 2 aromatic rings. The highest BCUT2D eigenvalue weighted by atomic mass is 16.2. The second-order valence-corrected chi connectivity index (χ2v) is 8.08. The summed E-state index contributed by atoms with van der Waals surface area (Å²) in [5.74, 6) is 2.01. The summed E-state index contributed by atoms with van der Waals surface area (Å²) in [5.41, 5.74) is 3.36. The van der Waals surface area contributed by atoms with E-state index >= 15 is 0 Å². The maximum absolute atomic E-state index is 12.9. The normalized spacial score (nSPS) is 17.7. The number of aromatic nitrogens is 3. The first-order valence-corrected chi connectivity index (χ1v) is 10.2. The van der Waals surface area contributed by atoms with Gasteiger partial charge >= 0.3 is 0 Å². The van der Waals surface area contributed by atoms with E-state index in [0.717, 1.165) is 63.6 Å². The van der Waals surface area contributed by atoms with Crippen LogP contribution in [0.25, 0.3) is 5.65 Å². The highest BCUT2D eigenvalue weighted by Gasteiger charge is 2.38. The second-order valence-electron chi connectivity index (χ2n) is 8.08. The van der Waals surface area contributed by atoms with Crippen molar-refractivity contribution >= 4 is 17.4 Å². The molecule has 4 rings (SSSR count). The average Bonchev–Trinajstić information content (AvgIpc) is 2.94. The molecule has 0 bridgehead atoms. The molecule has 0 spiro atoms. The number of nitrogens with zero attached hydrogens (tertiary/aromatic N) is 5. The van der Waals surface area contributed by atoms with Gasteiger partial charge in [-0.2, -0.15) is 9.61 Å². The van der Waals surface area contributed by atoms with Crippen molar-refractivity contribution in [3.8, 4) is 0 Å². The fraction of sp³-hybridized carbons (Fsp3) is 0.650. The zero-order valence-electron chi connectivity index (χ0n) is 16.6. The fourth-order valence-corrected chi connectivity index (χ4v) is 4.22. The lowest BCUT2D eigenvalue weighted by Crippen LogP contribution is -2.56. The van der Waals surface area contributed by atoms with Crippen molar-refractivity contribution in [2.24, 2.45) is 11.8 Å². The van der Waals surface area contributed by atoms with E-state index in [0.29, 0.717) is 11.8 Å². The number of anilines is 1. The van der Waals surface area contributed by atoms with Gasteiger partial charge < -0.3 is 15.1 Å². The predicted molar refractivity (Wildman–Crippen MR) is 106 cm³/mol. The second kappa shape index (κ2) is 7.46. The molecule has 0 aliphatic carbocycles. The molecule has 1 saturated heterocycles. The lowest BCUT2D eigenvalue weighted by atomic mass is 9.96. The van der Waals surface area contributed by atoms with E-state index in [1.54, 1.807) is 0 Å².